The Balaban J connectivity index is 0.000000730. The van der Waals surface area contributed by atoms with Crippen molar-refractivity contribution in [3.63, 3.8) is 0 Å². The fourth-order valence-electron chi connectivity index (χ4n) is 4.52. The molecule has 0 radical (unpaired) electrons. The van der Waals surface area contributed by atoms with E-state index in [1.807, 2.05) is 0 Å². The molecule has 0 spiro atoms. The third kappa shape index (κ3) is 10.1. The van der Waals surface area contributed by atoms with Crippen molar-refractivity contribution in [2.24, 2.45) is 0 Å². The minimum atomic E-state index is -8.67. The van der Waals surface area contributed by atoms with Gasteiger partial charge < -0.3 is 37.1 Å². The number of hydrogen-bond acceptors (Lipinski definition) is 7. The lowest BCUT2D eigenvalue weighted by molar-refractivity contribution is -0.451. The lowest BCUT2D eigenvalue weighted by Gasteiger charge is -2.41. The number of methoxy groups -OCH3 is 1. The Morgan fingerprint density at radius 2 is 0.603 bits per heavy atom. The van der Waals surface area contributed by atoms with Gasteiger partial charge in [0.15, 0.2) is 11.5 Å². The van der Waals surface area contributed by atoms with Gasteiger partial charge in [-0.3, -0.25) is 0 Å². The third-order valence-electron chi connectivity index (χ3n) is 8.68. The number of anilines is 4. The van der Waals surface area contributed by atoms with Crippen molar-refractivity contribution < 1.29 is 163 Å². The zero-order valence-corrected chi connectivity index (χ0v) is 33.7. The van der Waals surface area contributed by atoms with E-state index in [0.717, 1.165) is 26.2 Å². The van der Waals surface area contributed by atoms with Gasteiger partial charge in [0, 0.05) is 34.8 Å². The maximum absolute atomic E-state index is 13.8. The van der Waals surface area contributed by atoms with Gasteiger partial charge in [0.1, 0.15) is 5.75 Å². The highest BCUT2D eigenvalue weighted by molar-refractivity contribution is 5.68. The molecule has 2 aromatic rings. The predicted octanol–water partition coefficient (Wildman–Crippen LogP) is 13.7. The van der Waals surface area contributed by atoms with Gasteiger partial charge in [-0.25, -0.2) is 0 Å². The van der Waals surface area contributed by atoms with E-state index in [1.165, 1.54) is 0 Å². The lowest BCUT2D eigenvalue weighted by Crippen LogP contribution is -2.72. The van der Waals surface area contributed by atoms with Gasteiger partial charge in [-0.2, -0.15) is 149 Å². The molecule has 7 nitrogen and oxygen atoms in total. The molecule has 422 valence electrons. The fraction of sp³-hybridized carbons (Fsp3) is 0.500. The highest BCUT2D eigenvalue weighted by Crippen LogP contribution is 2.65. The van der Waals surface area contributed by atoms with Crippen molar-refractivity contribution in [3.05, 3.63) is 53.5 Å². The standard InChI is InChI=1S/C16H9F17N2O2.C16H9F17N2O/c1-36-7-5(35)2-4(34)3-6(7)37-9(18)8(17)10(19,20)11(21,22)12(23,24)13(25,26)14(27,28)15(29,30)16(31,32)33;1-4-6(35)2-5(34)3-7(4)36-9(18)8(17)10(19,20)11(21,22)12(23,24)13(25,26)14(27,28)15(29,30)16(31,32)33/h2-3H,34-35H2,1H3;2-3H,34-35H2,1H3. The zero-order valence-electron chi connectivity index (χ0n) is 33.7. The van der Waals surface area contributed by atoms with Crippen molar-refractivity contribution in [3.8, 4) is 17.2 Å². The SMILES string of the molecule is COc1c(N)cc(N)cc1OC(F)=C(F)C(F)(F)C(F)(F)C(F)(F)C(F)(F)C(F)(F)C(F)(F)C(F)(F)F.Cc1c(N)cc(N)cc1OC(F)=C(F)C(F)(F)C(F)(F)C(F)(F)C(F)(F)C(F)(F)C(F)(F)C(F)(F)F. The second-order valence-electron chi connectivity index (χ2n) is 13.6. The molecule has 0 saturated heterocycles. The van der Waals surface area contributed by atoms with E-state index in [2.05, 4.69) is 14.2 Å². The number of rotatable bonds is 17. The van der Waals surface area contributed by atoms with E-state index in [4.69, 9.17) is 22.9 Å². The average Bonchev–Trinajstić information content (AvgIpc) is 3.20. The molecule has 0 amide bonds. The number of benzene rings is 2. The number of allylic oxidation sites excluding steroid dienone is 2. The molecule has 0 saturated carbocycles. The first-order valence-corrected chi connectivity index (χ1v) is 16.8. The number of nitrogen functional groups attached to an aromatic ring is 4. The smallest absolute Gasteiger partial charge is 0.460 e. The Hall–Kier alpha value is -5.86. The summed E-state index contributed by atoms with van der Waals surface area (Å²) in [5, 5.41) is 0. The molecule has 0 aliphatic rings. The summed E-state index contributed by atoms with van der Waals surface area (Å²) in [6.45, 7) is 0.889. The number of hydrogen-bond donors (Lipinski definition) is 4. The third-order valence-corrected chi connectivity index (χ3v) is 8.68. The second-order valence-corrected chi connectivity index (χ2v) is 13.6. The van der Waals surface area contributed by atoms with E-state index < -0.39 is 153 Å². The van der Waals surface area contributed by atoms with Gasteiger partial charge >= 0.3 is 95.4 Å². The van der Waals surface area contributed by atoms with Crippen LogP contribution in [0.1, 0.15) is 5.56 Å². The molecular formula is C32H18F34N4O3. The molecule has 0 fully saturated rings. The van der Waals surface area contributed by atoms with Gasteiger partial charge in [-0.05, 0) is 19.1 Å². The van der Waals surface area contributed by atoms with Crippen LogP contribution in [0.25, 0.3) is 0 Å². The molecule has 41 heteroatoms. The maximum atomic E-state index is 13.8. The molecule has 0 unspecified atom stereocenters. The van der Waals surface area contributed by atoms with Crippen molar-refractivity contribution in [2.45, 2.75) is 90.3 Å². The summed E-state index contributed by atoms with van der Waals surface area (Å²) in [7, 11) is 0.717. The van der Waals surface area contributed by atoms with E-state index in [-0.39, 0.29) is 0 Å². The highest BCUT2D eigenvalue weighted by atomic mass is 19.4. The molecular weight excluding hydrogens is 1130 g/mol. The monoisotopic (exact) mass is 1150 g/mol. The second kappa shape index (κ2) is 19.1. The van der Waals surface area contributed by atoms with Crippen LogP contribution in [-0.4, -0.2) is 90.5 Å². The number of halogens is 34. The van der Waals surface area contributed by atoms with E-state index in [9.17, 15) is 149 Å². The molecule has 2 aromatic carbocycles. The first-order chi connectivity index (χ1) is 31.8. The summed E-state index contributed by atoms with van der Waals surface area (Å²) in [5.74, 6) is -112. The molecule has 0 bridgehead atoms. The van der Waals surface area contributed by atoms with Gasteiger partial charge in [0.25, 0.3) is 0 Å². The molecule has 0 aromatic heterocycles. The van der Waals surface area contributed by atoms with Crippen LogP contribution in [0.15, 0.2) is 47.9 Å². The number of nitrogens with two attached hydrogens (primary N) is 4. The van der Waals surface area contributed by atoms with Crippen LogP contribution in [-0.2, 0) is 0 Å². The lowest BCUT2D eigenvalue weighted by atomic mass is 9.91. The van der Waals surface area contributed by atoms with Gasteiger partial charge in [0.05, 0.1) is 12.8 Å². The predicted molar refractivity (Wildman–Crippen MR) is 173 cm³/mol. The normalized spacial score (nSPS) is 15.5. The summed E-state index contributed by atoms with van der Waals surface area (Å²) in [6, 6.07) is -4.68. The largest absolute Gasteiger partial charge is 0.491 e. The molecule has 73 heavy (non-hydrogen) atoms. The topological polar surface area (TPSA) is 132 Å². The summed E-state index contributed by atoms with van der Waals surface area (Å²) in [4.78, 5) is 0. The molecule has 0 aliphatic heterocycles. The maximum Gasteiger partial charge on any atom is 0.460 e. The first kappa shape index (κ1) is 65.2. The van der Waals surface area contributed by atoms with Crippen LogP contribution in [0.2, 0.25) is 0 Å². The van der Waals surface area contributed by atoms with Gasteiger partial charge in [-0.15, -0.1) is 0 Å². The fourth-order valence-corrected chi connectivity index (χ4v) is 4.52. The van der Waals surface area contributed by atoms with Crippen molar-refractivity contribution >= 4 is 22.7 Å². The Morgan fingerprint density at radius 3 is 0.890 bits per heavy atom. The summed E-state index contributed by atoms with van der Waals surface area (Å²) in [5.41, 5.74) is 18.4. The van der Waals surface area contributed by atoms with Crippen LogP contribution in [0.4, 0.5) is 172 Å². The van der Waals surface area contributed by atoms with Crippen molar-refractivity contribution in [1.82, 2.24) is 0 Å². The quantitative estimate of drug-likeness (QED) is 0.0705. The van der Waals surface area contributed by atoms with Crippen LogP contribution >= 0.6 is 0 Å². The van der Waals surface area contributed by atoms with Gasteiger partial charge in [0.2, 0.25) is 11.7 Å². The summed E-state index contributed by atoms with van der Waals surface area (Å²) >= 11 is 0. The Labute approximate surface area is 378 Å². The van der Waals surface area contributed by atoms with E-state index in [0.29, 0.717) is 12.1 Å². The zero-order chi connectivity index (χ0) is 58.9. The summed E-state index contributed by atoms with van der Waals surface area (Å²) < 4.78 is 461. The van der Waals surface area contributed by atoms with Crippen LogP contribution < -0.4 is 37.1 Å². The minimum absolute atomic E-state index is 0.376. The number of alkyl halides is 30. The molecule has 2 rings (SSSR count). The first-order valence-electron chi connectivity index (χ1n) is 16.8. The van der Waals surface area contributed by atoms with Gasteiger partial charge in [-0.1, -0.05) is 0 Å². The minimum Gasteiger partial charge on any atom is -0.491 e. The average molecular weight is 1150 g/mol. The van der Waals surface area contributed by atoms with Crippen molar-refractivity contribution in [2.75, 3.05) is 30.0 Å². The van der Waals surface area contributed by atoms with Crippen LogP contribution in [0.5, 0.6) is 17.2 Å². The summed E-state index contributed by atoms with van der Waals surface area (Å²) in [6.07, 6.45) is -15.6. The van der Waals surface area contributed by atoms with Crippen LogP contribution in [0.3, 0.4) is 0 Å². The number of ether oxygens (including phenoxy) is 3. The molecule has 0 heterocycles. The Morgan fingerprint density at radius 1 is 0.356 bits per heavy atom. The molecule has 0 aliphatic carbocycles. The molecule has 8 N–H and O–H groups in total. The Bertz CT molecular complexity index is 2410. The highest BCUT2D eigenvalue weighted by Gasteiger charge is 2.95. The van der Waals surface area contributed by atoms with Crippen molar-refractivity contribution in [1.29, 1.82) is 0 Å². The Kier molecular flexibility index (Phi) is 17.1. The van der Waals surface area contributed by atoms with E-state index >= 15 is 0 Å². The molecule has 0 atom stereocenters. The van der Waals surface area contributed by atoms with E-state index in [1.54, 1.807) is 0 Å². The van der Waals surface area contributed by atoms with Crippen LogP contribution in [0, 0.1) is 6.92 Å².